The van der Waals surface area contributed by atoms with E-state index in [0.29, 0.717) is 5.69 Å². The third kappa shape index (κ3) is 2.92. The van der Waals surface area contributed by atoms with Gasteiger partial charge in [-0.05, 0) is 24.3 Å². The van der Waals surface area contributed by atoms with E-state index in [2.05, 4.69) is 4.52 Å². The van der Waals surface area contributed by atoms with Crippen LogP contribution in [0.4, 0.5) is 5.69 Å². The molecule has 0 bridgehead atoms. The topological polar surface area (TPSA) is 98.6 Å². The first-order valence-corrected chi connectivity index (χ1v) is 4.78. The smallest absolute Gasteiger partial charge is 0.413 e. The molecule has 0 aliphatic rings. The van der Waals surface area contributed by atoms with Crippen LogP contribution in [0.5, 0.6) is 5.75 Å². The molecule has 0 saturated heterocycles. The van der Waals surface area contributed by atoms with Crippen molar-refractivity contribution >= 4 is 13.4 Å². The summed E-state index contributed by atoms with van der Waals surface area (Å²) in [7, 11) is -3.94. The van der Waals surface area contributed by atoms with Crippen LogP contribution < -0.4 is 15.8 Å². The molecule has 0 saturated carbocycles. The Hall–Kier alpha value is -1.03. The molecular formula is C6H9N2O3P. The van der Waals surface area contributed by atoms with Gasteiger partial charge in [-0.3, -0.25) is 0 Å². The lowest BCUT2D eigenvalue weighted by atomic mass is 10.3. The largest absolute Gasteiger partial charge is 0.453 e. The Morgan fingerprint density at radius 1 is 1.33 bits per heavy atom. The van der Waals surface area contributed by atoms with Gasteiger partial charge in [-0.2, -0.15) is 0 Å². The maximum absolute atomic E-state index is 10.5. The summed E-state index contributed by atoms with van der Waals surface area (Å²) in [6.07, 6.45) is 0. The summed E-state index contributed by atoms with van der Waals surface area (Å²) in [5.41, 5.74) is 10.7. The Bertz CT molecular complexity index is 305. The van der Waals surface area contributed by atoms with Crippen molar-refractivity contribution in [1.82, 2.24) is 0 Å². The maximum Gasteiger partial charge on any atom is 0.453 e. The van der Waals surface area contributed by atoms with Gasteiger partial charge in [-0.25, -0.2) is 10.1 Å². The van der Waals surface area contributed by atoms with Crippen molar-refractivity contribution in [3.05, 3.63) is 24.3 Å². The normalized spacial score (nSPS) is 15.2. The van der Waals surface area contributed by atoms with E-state index < -0.39 is 7.75 Å². The van der Waals surface area contributed by atoms with E-state index >= 15 is 0 Å². The van der Waals surface area contributed by atoms with E-state index in [0.717, 1.165) is 0 Å². The minimum absolute atomic E-state index is 0.220. The summed E-state index contributed by atoms with van der Waals surface area (Å²) in [5.74, 6) is 0.220. The molecule has 5 nitrogen and oxygen atoms in total. The van der Waals surface area contributed by atoms with Crippen LogP contribution in [0.1, 0.15) is 0 Å². The van der Waals surface area contributed by atoms with E-state index in [1.807, 2.05) is 0 Å². The molecule has 0 heterocycles. The van der Waals surface area contributed by atoms with Crippen molar-refractivity contribution in [1.29, 1.82) is 0 Å². The Kier molecular flexibility index (Phi) is 2.38. The molecule has 0 radical (unpaired) electrons. The molecule has 0 amide bonds. The molecule has 0 spiro atoms. The van der Waals surface area contributed by atoms with Crippen LogP contribution in [0.3, 0.4) is 0 Å². The van der Waals surface area contributed by atoms with E-state index in [1.165, 1.54) is 12.1 Å². The van der Waals surface area contributed by atoms with Crippen LogP contribution in [0.25, 0.3) is 0 Å². The summed E-state index contributed by atoms with van der Waals surface area (Å²) < 4.78 is 15.0. The van der Waals surface area contributed by atoms with Gasteiger partial charge >= 0.3 is 7.75 Å². The van der Waals surface area contributed by atoms with Gasteiger partial charge in [0.25, 0.3) is 0 Å². The monoisotopic (exact) mass is 188 g/mol. The fraction of sp³-hybridized carbons (Fsp3) is 0. The number of hydrogen-bond donors (Lipinski definition) is 3. The molecule has 0 aromatic heterocycles. The molecular weight excluding hydrogens is 179 g/mol. The summed E-state index contributed by atoms with van der Waals surface area (Å²) in [5, 5.41) is 0. The van der Waals surface area contributed by atoms with Crippen molar-refractivity contribution in [2.75, 3.05) is 5.73 Å². The Morgan fingerprint density at radius 2 is 1.83 bits per heavy atom. The van der Waals surface area contributed by atoms with Crippen molar-refractivity contribution < 1.29 is 14.0 Å². The number of nitrogen functional groups attached to an aromatic ring is 1. The second kappa shape index (κ2) is 3.15. The summed E-state index contributed by atoms with van der Waals surface area (Å²) in [6.45, 7) is 0. The van der Waals surface area contributed by atoms with Gasteiger partial charge in [0.15, 0.2) is 0 Å². The second-order valence-electron chi connectivity index (χ2n) is 2.22. The lowest BCUT2D eigenvalue weighted by molar-refractivity contribution is 0.381. The van der Waals surface area contributed by atoms with Gasteiger partial charge in [0, 0.05) is 5.69 Å². The van der Waals surface area contributed by atoms with Gasteiger partial charge in [0.05, 0.1) is 0 Å². The minimum Gasteiger partial charge on any atom is -0.413 e. The van der Waals surface area contributed by atoms with Gasteiger partial charge in [-0.15, -0.1) is 0 Å². The van der Waals surface area contributed by atoms with Crippen LogP contribution in [0.2, 0.25) is 0 Å². The SMILES string of the molecule is Nc1ccc(OP(N)(=O)O)cc1. The van der Waals surface area contributed by atoms with Crippen LogP contribution in [0.15, 0.2) is 24.3 Å². The highest BCUT2D eigenvalue weighted by Crippen LogP contribution is 2.33. The van der Waals surface area contributed by atoms with Crippen molar-refractivity contribution in [3.63, 3.8) is 0 Å². The first kappa shape index (κ1) is 9.06. The molecule has 0 fully saturated rings. The first-order valence-electron chi connectivity index (χ1n) is 3.14. The zero-order chi connectivity index (χ0) is 9.19. The van der Waals surface area contributed by atoms with Gasteiger partial charge in [0.1, 0.15) is 5.75 Å². The minimum atomic E-state index is -3.94. The molecule has 1 aromatic carbocycles. The van der Waals surface area contributed by atoms with Crippen molar-refractivity contribution in [2.24, 2.45) is 5.50 Å². The summed E-state index contributed by atoms with van der Waals surface area (Å²) in [6, 6.07) is 6.02. The van der Waals surface area contributed by atoms with Crippen LogP contribution in [-0.4, -0.2) is 4.89 Å². The van der Waals surface area contributed by atoms with Crippen LogP contribution >= 0.6 is 7.75 Å². The fourth-order valence-corrected chi connectivity index (χ4v) is 1.10. The third-order valence-corrected chi connectivity index (χ3v) is 1.59. The number of rotatable bonds is 2. The van der Waals surface area contributed by atoms with Gasteiger partial charge in [-0.1, -0.05) is 0 Å². The lowest BCUT2D eigenvalue weighted by Gasteiger charge is -2.07. The molecule has 1 aromatic rings. The molecule has 6 heteroatoms. The van der Waals surface area contributed by atoms with Gasteiger partial charge < -0.3 is 15.2 Å². The standard InChI is InChI=1S/C6H9N2O3P/c7-5-1-3-6(4-2-5)11-12(8,9)10/h1-4H,7H2,(H3,8,9,10). The number of hydrogen-bond acceptors (Lipinski definition) is 3. The molecule has 0 aliphatic heterocycles. The summed E-state index contributed by atoms with van der Waals surface area (Å²) in [4.78, 5) is 8.62. The highest BCUT2D eigenvalue weighted by molar-refractivity contribution is 7.50. The molecule has 5 N–H and O–H groups in total. The van der Waals surface area contributed by atoms with Crippen molar-refractivity contribution in [2.45, 2.75) is 0 Å². The van der Waals surface area contributed by atoms with Crippen molar-refractivity contribution in [3.8, 4) is 5.75 Å². The predicted molar refractivity (Wildman–Crippen MR) is 45.5 cm³/mol. The van der Waals surface area contributed by atoms with Gasteiger partial charge in [0.2, 0.25) is 0 Å². The molecule has 66 valence electrons. The second-order valence-corrected chi connectivity index (χ2v) is 3.54. The molecule has 1 atom stereocenters. The highest BCUT2D eigenvalue weighted by Gasteiger charge is 2.12. The number of anilines is 1. The van der Waals surface area contributed by atoms with E-state index in [-0.39, 0.29) is 5.75 Å². The van der Waals surface area contributed by atoms with E-state index in [1.54, 1.807) is 12.1 Å². The molecule has 0 aliphatic carbocycles. The quantitative estimate of drug-likeness (QED) is 0.468. The number of benzene rings is 1. The zero-order valence-electron chi connectivity index (χ0n) is 6.18. The first-order chi connectivity index (χ1) is 5.47. The fourth-order valence-electron chi connectivity index (χ4n) is 0.680. The Balaban J connectivity index is 2.78. The Labute approximate surface area is 69.5 Å². The van der Waals surface area contributed by atoms with Crippen LogP contribution in [-0.2, 0) is 4.57 Å². The van der Waals surface area contributed by atoms with E-state index in [9.17, 15) is 4.57 Å². The average molecular weight is 188 g/mol. The average Bonchev–Trinajstić information content (AvgIpc) is 1.91. The Morgan fingerprint density at radius 3 is 2.25 bits per heavy atom. The zero-order valence-corrected chi connectivity index (χ0v) is 7.07. The summed E-state index contributed by atoms with van der Waals surface area (Å²) >= 11 is 0. The lowest BCUT2D eigenvalue weighted by Crippen LogP contribution is -2.00. The molecule has 12 heavy (non-hydrogen) atoms. The van der Waals surface area contributed by atoms with Crippen LogP contribution in [0, 0.1) is 0 Å². The maximum atomic E-state index is 10.5. The molecule has 1 rings (SSSR count). The van der Waals surface area contributed by atoms with E-state index in [4.69, 9.17) is 16.1 Å². The number of nitrogens with two attached hydrogens (primary N) is 2. The highest BCUT2D eigenvalue weighted by atomic mass is 31.2. The predicted octanol–water partition coefficient (Wildman–Crippen LogP) is 0.707. The molecule has 1 unspecified atom stereocenters. The third-order valence-electron chi connectivity index (χ3n) is 1.12.